The molecule has 0 radical (unpaired) electrons. The van der Waals surface area contributed by atoms with E-state index in [0.717, 1.165) is 0 Å². The van der Waals surface area contributed by atoms with Gasteiger partial charge in [0.15, 0.2) is 0 Å². The van der Waals surface area contributed by atoms with E-state index in [-0.39, 0.29) is 30.6 Å². The Kier molecular flexibility index (Phi) is 5.81. The Morgan fingerprint density at radius 1 is 0.862 bits per heavy atom. The van der Waals surface area contributed by atoms with Gasteiger partial charge in [0, 0.05) is 37.4 Å². The van der Waals surface area contributed by atoms with Gasteiger partial charge in [-0.2, -0.15) is 0 Å². The first-order valence-electron chi connectivity index (χ1n) is 9.09. The Bertz CT molecular complexity index is 915. The molecule has 152 valence electrons. The fraction of sp³-hybridized carbons (Fsp3) is 0.421. The second kappa shape index (κ2) is 8.29. The van der Waals surface area contributed by atoms with Crippen molar-refractivity contribution in [3.63, 3.8) is 0 Å². The summed E-state index contributed by atoms with van der Waals surface area (Å²) < 4.78 is 4.88. The number of aryl methyl sites for hydroxylation is 2. The van der Waals surface area contributed by atoms with Crippen molar-refractivity contribution in [3.05, 3.63) is 47.6 Å². The van der Waals surface area contributed by atoms with E-state index >= 15 is 0 Å². The maximum absolute atomic E-state index is 13.0. The maximum Gasteiger partial charge on any atom is 0.330 e. The average molecular weight is 398 g/mol. The largest absolute Gasteiger partial charge is 0.467 e. The molecule has 0 spiro atoms. The zero-order chi connectivity index (χ0) is 21.1. The van der Waals surface area contributed by atoms with Gasteiger partial charge in [-0.15, -0.1) is 0 Å². The van der Waals surface area contributed by atoms with Crippen LogP contribution in [0.4, 0.5) is 0 Å². The topological polar surface area (TPSA) is 118 Å². The number of hydrogen-bond acceptors (Lipinski definition) is 8. The molecule has 0 saturated carbocycles. The number of carbonyl (C=O) groups excluding carboxylic acids is 3. The lowest BCUT2D eigenvalue weighted by Crippen LogP contribution is -2.63. The van der Waals surface area contributed by atoms with Gasteiger partial charge in [-0.3, -0.25) is 9.59 Å². The lowest BCUT2D eigenvalue weighted by Gasteiger charge is -2.43. The number of rotatable bonds is 3. The zero-order valence-corrected chi connectivity index (χ0v) is 16.7. The van der Waals surface area contributed by atoms with Gasteiger partial charge in [-0.1, -0.05) is 0 Å². The minimum absolute atomic E-state index is 0.000984. The summed E-state index contributed by atoms with van der Waals surface area (Å²) >= 11 is 0. The molecular weight excluding hydrogens is 376 g/mol. The van der Waals surface area contributed by atoms with Crippen molar-refractivity contribution in [2.75, 3.05) is 20.2 Å². The summed E-state index contributed by atoms with van der Waals surface area (Å²) in [6.45, 7) is 5.41. The Labute approximate surface area is 167 Å². The predicted molar refractivity (Wildman–Crippen MR) is 101 cm³/mol. The van der Waals surface area contributed by atoms with Crippen LogP contribution in [0.1, 0.15) is 39.3 Å². The quantitative estimate of drug-likeness (QED) is 0.682. The molecule has 1 fully saturated rings. The van der Waals surface area contributed by atoms with E-state index in [2.05, 4.69) is 19.9 Å². The Morgan fingerprint density at radius 2 is 1.31 bits per heavy atom. The fourth-order valence-corrected chi connectivity index (χ4v) is 3.16. The van der Waals surface area contributed by atoms with E-state index in [1.807, 2.05) is 6.92 Å². The summed E-state index contributed by atoms with van der Waals surface area (Å²) in [5.41, 5.74) is 0.584. The standard InChI is InChI=1S/C19H22N6O4/c1-11-9-25(18(27)15-7-22-13(3)23-8-15)16(19(28)29-4)10-24(11)17(26)14-5-20-12(2)21-6-14/h5-8,11,16H,9-10H2,1-4H3. The third-order valence-electron chi connectivity index (χ3n) is 4.79. The van der Waals surface area contributed by atoms with Crippen molar-refractivity contribution < 1.29 is 19.1 Å². The number of amides is 2. The molecule has 2 aromatic rings. The molecule has 29 heavy (non-hydrogen) atoms. The van der Waals surface area contributed by atoms with Gasteiger partial charge in [0.25, 0.3) is 11.8 Å². The number of esters is 1. The molecule has 0 N–H and O–H groups in total. The van der Waals surface area contributed by atoms with Crippen LogP contribution in [0.25, 0.3) is 0 Å². The third-order valence-corrected chi connectivity index (χ3v) is 4.79. The SMILES string of the molecule is COC(=O)C1CN(C(=O)c2cnc(C)nc2)C(C)CN1C(=O)c1cnc(C)nc1. The molecule has 1 aliphatic heterocycles. The minimum atomic E-state index is -0.944. The van der Waals surface area contributed by atoms with Gasteiger partial charge in [-0.25, -0.2) is 24.7 Å². The fourth-order valence-electron chi connectivity index (χ4n) is 3.16. The van der Waals surface area contributed by atoms with Gasteiger partial charge in [-0.05, 0) is 20.8 Å². The lowest BCUT2D eigenvalue weighted by atomic mass is 10.0. The highest BCUT2D eigenvalue weighted by Gasteiger charge is 2.41. The van der Waals surface area contributed by atoms with Gasteiger partial charge in [0.05, 0.1) is 24.8 Å². The van der Waals surface area contributed by atoms with E-state index < -0.39 is 17.9 Å². The summed E-state index contributed by atoms with van der Waals surface area (Å²) in [5.74, 6) is -0.209. The molecule has 0 bridgehead atoms. The third kappa shape index (κ3) is 4.20. The highest BCUT2D eigenvalue weighted by atomic mass is 16.5. The van der Waals surface area contributed by atoms with E-state index in [1.54, 1.807) is 13.8 Å². The van der Waals surface area contributed by atoms with E-state index in [9.17, 15) is 14.4 Å². The number of ether oxygens (including phenoxy) is 1. The molecule has 2 atom stereocenters. The minimum Gasteiger partial charge on any atom is -0.467 e. The number of hydrogen-bond donors (Lipinski definition) is 0. The highest BCUT2D eigenvalue weighted by molar-refractivity contribution is 5.98. The van der Waals surface area contributed by atoms with E-state index in [4.69, 9.17) is 4.74 Å². The first kappa shape index (κ1) is 20.3. The van der Waals surface area contributed by atoms with Crippen molar-refractivity contribution in [2.24, 2.45) is 0 Å². The van der Waals surface area contributed by atoms with Crippen molar-refractivity contribution in [1.29, 1.82) is 0 Å². The number of methoxy groups -OCH3 is 1. The van der Waals surface area contributed by atoms with Crippen molar-refractivity contribution >= 4 is 17.8 Å². The zero-order valence-electron chi connectivity index (χ0n) is 16.7. The Hall–Kier alpha value is -3.43. The molecule has 2 amide bonds. The number of piperazine rings is 1. The molecular formula is C19H22N6O4. The van der Waals surface area contributed by atoms with Crippen LogP contribution in [0.3, 0.4) is 0 Å². The van der Waals surface area contributed by atoms with Crippen LogP contribution in [-0.4, -0.2) is 79.8 Å². The van der Waals surface area contributed by atoms with Crippen LogP contribution in [-0.2, 0) is 9.53 Å². The Morgan fingerprint density at radius 3 is 1.76 bits per heavy atom. The van der Waals surface area contributed by atoms with Crippen LogP contribution in [0.15, 0.2) is 24.8 Å². The number of carbonyl (C=O) groups is 3. The van der Waals surface area contributed by atoms with Gasteiger partial charge in [0.1, 0.15) is 17.7 Å². The summed E-state index contributed by atoms with van der Waals surface area (Å²) in [5, 5.41) is 0. The summed E-state index contributed by atoms with van der Waals surface area (Å²) in [4.78, 5) is 57.5. The summed E-state index contributed by atoms with van der Waals surface area (Å²) in [6, 6.07) is -1.28. The van der Waals surface area contributed by atoms with Crippen molar-refractivity contribution in [2.45, 2.75) is 32.9 Å². The molecule has 2 unspecified atom stereocenters. The monoisotopic (exact) mass is 398 g/mol. The summed E-state index contributed by atoms with van der Waals surface area (Å²) in [6.07, 6.45) is 5.74. The smallest absolute Gasteiger partial charge is 0.330 e. The van der Waals surface area contributed by atoms with Crippen molar-refractivity contribution in [3.8, 4) is 0 Å². The molecule has 10 heteroatoms. The number of aromatic nitrogens is 4. The maximum atomic E-state index is 13.0. The second-order valence-corrected chi connectivity index (χ2v) is 6.84. The van der Waals surface area contributed by atoms with Gasteiger partial charge >= 0.3 is 5.97 Å². The van der Waals surface area contributed by atoms with Gasteiger partial charge < -0.3 is 14.5 Å². The van der Waals surface area contributed by atoms with E-state index in [0.29, 0.717) is 17.2 Å². The van der Waals surface area contributed by atoms with Crippen LogP contribution in [0.2, 0.25) is 0 Å². The second-order valence-electron chi connectivity index (χ2n) is 6.84. The first-order chi connectivity index (χ1) is 13.8. The predicted octanol–water partition coefficient (Wildman–Crippen LogP) is 0.412. The van der Waals surface area contributed by atoms with Crippen LogP contribution >= 0.6 is 0 Å². The molecule has 3 rings (SSSR count). The van der Waals surface area contributed by atoms with Crippen LogP contribution < -0.4 is 0 Å². The average Bonchev–Trinajstić information content (AvgIpc) is 2.73. The molecule has 2 aromatic heterocycles. The van der Waals surface area contributed by atoms with Crippen molar-refractivity contribution in [1.82, 2.24) is 29.7 Å². The van der Waals surface area contributed by atoms with Crippen LogP contribution in [0, 0.1) is 13.8 Å². The molecule has 1 saturated heterocycles. The van der Waals surface area contributed by atoms with Gasteiger partial charge in [0.2, 0.25) is 0 Å². The van der Waals surface area contributed by atoms with E-state index in [1.165, 1.54) is 41.7 Å². The Balaban J connectivity index is 1.87. The lowest BCUT2D eigenvalue weighted by molar-refractivity contribution is -0.148. The highest BCUT2D eigenvalue weighted by Crippen LogP contribution is 2.21. The molecule has 1 aliphatic rings. The molecule has 10 nitrogen and oxygen atoms in total. The summed E-state index contributed by atoms with van der Waals surface area (Å²) in [7, 11) is 1.25. The van der Waals surface area contributed by atoms with Crippen LogP contribution in [0.5, 0.6) is 0 Å². The first-order valence-corrected chi connectivity index (χ1v) is 9.09. The molecule has 0 aliphatic carbocycles. The normalized spacial score (nSPS) is 19.0. The number of nitrogens with zero attached hydrogens (tertiary/aromatic N) is 6. The molecule has 0 aromatic carbocycles. The molecule has 3 heterocycles.